The Morgan fingerprint density at radius 1 is 0.519 bits per heavy atom. The molecule has 6 aliphatic heterocycles. The first-order valence-electron chi connectivity index (χ1n) is 11.1. The van der Waals surface area contributed by atoms with Gasteiger partial charge in [-0.1, -0.05) is 83.1 Å². The highest BCUT2D eigenvalue weighted by Crippen LogP contribution is 3.59. The molecule has 0 saturated carbocycles. The number of hydrogen-bond acceptors (Lipinski definition) is 0. The first-order valence-corrected chi connectivity index (χ1v) is 17.0. The summed E-state index contributed by atoms with van der Waals surface area (Å²) in [6, 6.07) is 0. The van der Waals surface area contributed by atoms with E-state index in [-0.39, 0.29) is 23.8 Å². The maximum Gasteiger partial charge on any atom is 0.134 e. The Hall–Kier alpha value is 1.72. The Bertz CT molecular complexity index is 666. The third kappa shape index (κ3) is 1.18. The van der Waals surface area contributed by atoms with E-state index in [1.807, 2.05) is 0 Å². The summed E-state index contributed by atoms with van der Waals surface area (Å²) in [6.45, 7) is 37.3. The summed E-state index contributed by atoms with van der Waals surface area (Å²) in [5.41, 5.74) is 3.08. The van der Waals surface area contributed by atoms with Crippen molar-refractivity contribution < 1.29 is 0 Å². The summed E-state index contributed by atoms with van der Waals surface area (Å²) in [7, 11) is -0.359. The van der Waals surface area contributed by atoms with Gasteiger partial charge < -0.3 is 0 Å². The highest BCUT2D eigenvalue weighted by atomic mass is 31.5. The Kier molecular flexibility index (Phi) is 3.29. The lowest BCUT2D eigenvalue weighted by Crippen LogP contribution is -3.05. The van der Waals surface area contributed by atoms with Crippen molar-refractivity contribution in [1.29, 1.82) is 0 Å². The van der Waals surface area contributed by atoms with Crippen LogP contribution in [-0.2, 0) is 0 Å². The molecule has 0 atom stereocenters. The van der Waals surface area contributed by atoms with Crippen molar-refractivity contribution in [2.75, 3.05) is 0 Å². The van der Waals surface area contributed by atoms with Crippen LogP contribution >= 0.6 is 31.0 Å². The minimum absolute atomic E-state index is 0.207. The van der Waals surface area contributed by atoms with Crippen molar-refractivity contribution in [3.8, 4) is 0 Å². The third-order valence-electron chi connectivity index (χ3n) is 9.08. The van der Waals surface area contributed by atoms with Crippen LogP contribution in [-0.4, -0.2) is 24.2 Å². The van der Waals surface area contributed by atoms with Crippen LogP contribution in [0.1, 0.15) is 96.9 Å². The highest BCUT2D eigenvalue weighted by molar-refractivity contribution is 8.57. The molecule has 0 nitrogen and oxygen atoms in total. The molecule has 6 heterocycles. The summed E-state index contributed by atoms with van der Waals surface area (Å²) in [4.78, 5) is 0. The molecule has 4 heteroatoms. The summed E-state index contributed by atoms with van der Waals surface area (Å²) in [5, 5.41) is 0. The molecule has 6 fully saturated rings. The van der Waals surface area contributed by atoms with Gasteiger partial charge in [-0.3, -0.25) is 0 Å². The summed E-state index contributed by atoms with van der Waals surface area (Å²) < 4.78 is 3.36. The van der Waals surface area contributed by atoms with Gasteiger partial charge in [0.15, 0.2) is 0 Å². The molecule has 0 bridgehead atoms. The maximum atomic E-state index is 2.68. The van der Waals surface area contributed by atoms with E-state index in [1.54, 1.807) is 0 Å². The highest BCUT2D eigenvalue weighted by Gasteiger charge is 3.35. The van der Waals surface area contributed by atoms with E-state index >= 15 is 0 Å². The summed E-state index contributed by atoms with van der Waals surface area (Å²) in [6.07, 6.45) is 0. The van der Waals surface area contributed by atoms with Crippen LogP contribution < -0.4 is 0 Å². The Morgan fingerprint density at radius 2 is 0.778 bits per heavy atom. The van der Waals surface area contributed by atoms with E-state index in [0.29, 0.717) is 21.7 Å². The minimum Gasteiger partial charge on any atom is -0.0586 e. The van der Waals surface area contributed by atoms with Crippen LogP contribution in [0.5, 0.6) is 0 Å². The van der Waals surface area contributed by atoms with E-state index < -0.39 is 7.26 Å². The molecule has 0 aromatic heterocycles. The lowest BCUT2D eigenvalue weighted by atomic mass is 9.95. The van der Waals surface area contributed by atoms with Crippen molar-refractivity contribution >= 4 is 31.0 Å². The van der Waals surface area contributed by atoms with Gasteiger partial charge in [0.25, 0.3) is 0 Å². The predicted molar refractivity (Wildman–Crippen MR) is 132 cm³/mol. The van der Waals surface area contributed by atoms with Gasteiger partial charge in [-0.15, -0.1) is 0 Å². The van der Waals surface area contributed by atoms with Crippen molar-refractivity contribution in [3.05, 3.63) is 0 Å². The fourth-order valence-corrected chi connectivity index (χ4v) is 68.7. The predicted octanol–water partition coefficient (Wildman–Crippen LogP) is 9.73. The fraction of sp³-hybridized carbons (Fsp3) is 1.00. The van der Waals surface area contributed by atoms with Crippen LogP contribution in [0.25, 0.3) is 0 Å². The van der Waals surface area contributed by atoms with Crippen LogP contribution in [0.3, 0.4) is 0 Å². The minimum atomic E-state index is -0.980. The zero-order chi connectivity index (χ0) is 20.8. The molecule has 27 heavy (non-hydrogen) atoms. The van der Waals surface area contributed by atoms with Gasteiger partial charge >= 0.3 is 0 Å². The van der Waals surface area contributed by atoms with E-state index in [1.165, 1.54) is 0 Å². The van der Waals surface area contributed by atoms with Crippen molar-refractivity contribution in [3.63, 3.8) is 0 Å². The molecule has 154 valence electrons. The van der Waals surface area contributed by atoms with E-state index in [0.717, 1.165) is 24.2 Å². The molecule has 0 N–H and O–H groups in total. The second kappa shape index (κ2) is 4.32. The van der Waals surface area contributed by atoms with E-state index in [9.17, 15) is 0 Å². The SMILES string of the molecule is CC(C)[P+]12C3(C(C)(C)C)P4C5(C(C)(C)C)P3C1(C(C)(C)C)P5C42C(C)(C)C. The molecule has 0 radical (unpaired) electrons. The van der Waals surface area contributed by atoms with Crippen molar-refractivity contribution in [2.45, 2.75) is 121 Å². The lowest BCUT2D eigenvalue weighted by molar-refractivity contribution is 0.229. The van der Waals surface area contributed by atoms with Crippen LogP contribution in [0.4, 0.5) is 0 Å². The molecular formula is C23H43P4+. The standard InChI is InChI=1S/C23H43P4/c1-15(2)27-21(17(6,7)8)24-20(16(3,4)5)25(21)23(27,19(12,13)14)26(20)22(24,27)18(9,10)11/h15H,1-14H3/q+1. The van der Waals surface area contributed by atoms with Gasteiger partial charge in [0, 0.05) is 40.0 Å². The Balaban J connectivity index is 1.86. The largest absolute Gasteiger partial charge is 0.134 e. The molecule has 0 aromatic carbocycles. The Morgan fingerprint density at radius 3 is 0.926 bits per heavy atom. The van der Waals surface area contributed by atoms with E-state index in [4.69, 9.17) is 0 Å². The lowest BCUT2D eigenvalue weighted by Gasteiger charge is -3.20. The average Bonchev–Trinajstić information content (AvgIpc) is 2.39. The fourth-order valence-electron chi connectivity index (χ4n) is 9.57. The smallest absolute Gasteiger partial charge is 0.0586 e. The van der Waals surface area contributed by atoms with Crippen LogP contribution in [0, 0.1) is 21.7 Å². The number of rotatable bonds is 1. The van der Waals surface area contributed by atoms with Gasteiger partial charge in [0.1, 0.15) is 13.9 Å². The topological polar surface area (TPSA) is 0 Å². The van der Waals surface area contributed by atoms with Gasteiger partial charge in [0.2, 0.25) is 0 Å². The zero-order valence-electron chi connectivity index (χ0n) is 20.4. The zero-order valence-corrected chi connectivity index (χ0v) is 23.9. The molecule has 6 aliphatic rings. The Labute approximate surface area is 173 Å². The average molecular weight is 443 g/mol. The van der Waals surface area contributed by atoms with Gasteiger partial charge in [0.05, 0.1) is 17.6 Å². The van der Waals surface area contributed by atoms with Gasteiger partial charge in [-0.2, -0.15) is 0 Å². The molecule has 0 aromatic rings. The first kappa shape index (κ1) is 20.6. The van der Waals surface area contributed by atoms with Crippen LogP contribution in [0.2, 0.25) is 0 Å². The molecular weight excluding hydrogens is 400 g/mol. The summed E-state index contributed by atoms with van der Waals surface area (Å²) in [5.74, 6) is 0. The number of hydrogen-bond donors (Lipinski definition) is 0. The molecule has 6 saturated heterocycles. The van der Waals surface area contributed by atoms with Crippen molar-refractivity contribution in [2.24, 2.45) is 21.7 Å². The van der Waals surface area contributed by atoms with Gasteiger partial charge in [-0.25, -0.2) is 0 Å². The summed E-state index contributed by atoms with van der Waals surface area (Å²) >= 11 is 0. The molecule has 6 rings (SSSR count). The normalized spacial score (nSPS) is 57.2. The first-order chi connectivity index (χ1) is 11.8. The van der Waals surface area contributed by atoms with Crippen molar-refractivity contribution in [1.82, 2.24) is 0 Å². The molecule has 0 unspecified atom stereocenters. The second-order valence-corrected chi connectivity index (χ2v) is 31.1. The quantitative estimate of drug-likeness (QED) is 0.354. The monoisotopic (exact) mass is 443 g/mol. The molecule has 0 amide bonds. The van der Waals surface area contributed by atoms with Crippen LogP contribution in [0.15, 0.2) is 0 Å². The maximum absolute atomic E-state index is 2.68. The molecule has 0 spiro atoms. The molecule has 0 aliphatic carbocycles. The third-order valence-corrected chi connectivity index (χ3v) is 43.7. The second-order valence-electron chi connectivity index (χ2n) is 14.4. The van der Waals surface area contributed by atoms with E-state index in [2.05, 4.69) is 96.9 Å². The van der Waals surface area contributed by atoms with Gasteiger partial charge in [-0.05, 0) is 19.3 Å².